The Morgan fingerprint density at radius 1 is 1.32 bits per heavy atom. The van der Waals surface area contributed by atoms with E-state index in [0.29, 0.717) is 5.69 Å². The summed E-state index contributed by atoms with van der Waals surface area (Å²) < 4.78 is 1.39. The molecule has 1 aromatic heterocycles. The van der Waals surface area contributed by atoms with E-state index < -0.39 is 5.91 Å². The number of carbonyl (C=O) groups is 2. The van der Waals surface area contributed by atoms with Gasteiger partial charge in [0.25, 0.3) is 11.8 Å². The molecular weight excluding hydrogens is 282 g/mol. The highest BCUT2D eigenvalue weighted by molar-refractivity contribution is 5.97. The number of nitrogens with one attached hydrogen (secondary N) is 2. The van der Waals surface area contributed by atoms with Crippen LogP contribution in [-0.2, 0) is 0 Å². The summed E-state index contributed by atoms with van der Waals surface area (Å²) in [5, 5.41) is 10.3. The fourth-order valence-corrected chi connectivity index (χ4v) is 2.47. The summed E-state index contributed by atoms with van der Waals surface area (Å²) in [6.07, 6.45) is 0.883. The summed E-state index contributed by atoms with van der Waals surface area (Å²) >= 11 is 0. The standard InChI is InChI=1S/C15H17N5O2/c16-14(21)13-8-12(15(22)18-10-6-7-17-9-10)19-20(13)11-4-2-1-3-5-11/h1-5,8,10,17H,6-7,9H2,(H2,16,21)(H,18,22). The number of rotatable bonds is 4. The van der Waals surface area contributed by atoms with Crippen LogP contribution in [0.1, 0.15) is 27.4 Å². The molecule has 7 heteroatoms. The quantitative estimate of drug-likeness (QED) is 0.743. The first kappa shape index (κ1) is 14.3. The van der Waals surface area contributed by atoms with Crippen molar-refractivity contribution >= 4 is 11.8 Å². The van der Waals surface area contributed by atoms with Crippen LogP contribution in [0.5, 0.6) is 0 Å². The van der Waals surface area contributed by atoms with Crippen molar-refractivity contribution in [3.63, 3.8) is 0 Å². The van der Waals surface area contributed by atoms with Gasteiger partial charge in [-0.3, -0.25) is 9.59 Å². The van der Waals surface area contributed by atoms with Crippen molar-refractivity contribution in [2.24, 2.45) is 5.73 Å². The first-order valence-corrected chi connectivity index (χ1v) is 7.12. The number of hydrogen-bond acceptors (Lipinski definition) is 4. The summed E-state index contributed by atoms with van der Waals surface area (Å²) in [6, 6.07) is 10.6. The van der Waals surface area contributed by atoms with Crippen LogP contribution in [0.4, 0.5) is 0 Å². The van der Waals surface area contributed by atoms with Crippen molar-refractivity contribution in [2.45, 2.75) is 12.5 Å². The molecule has 2 aromatic rings. The maximum Gasteiger partial charge on any atom is 0.272 e. The maximum absolute atomic E-state index is 12.3. The molecule has 1 aliphatic heterocycles. The van der Waals surface area contributed by atoms with Crippen LogP contribution in [0.3, 0.4) is 0 Å². The fourth-order valence-electron chi connectivity index (χ4n) is 2.47. The predicted molar refractivity (Wildman–Crippen MR) is 80.8 cm³/mol. The predicted octanol–water partition coefficient (Wildman–Crippen LogP) is 0.0629. The zero-order valence-corrected chi connectivity index (χ0v) is 12.0. The molecule has 0 bridgehead atoms. The van der Waals surface area contributed by atoms with Gasteiger partial charge < -0.3 is 16.4 Å². The highest BCUT2D eigenvalue weighted by atomic mass is 16.2. The van der Waals surface area contributed by atoms with Crippen LogP contribution >= 0.6 is 0 Å². The van der Waals surface area contributed by atoms with E-state index in [1.165, 1.54) is 10.7 Å². The van der Waals surface area contributed by atoms with Gasteiger partial charge in [0.1, 0.15) is 5.69 Å². The maximum atomic E-state index is 12.3. The average Bonchev–Trinajstić information content (AvgIpc) is 3.17. The zero-order chi connectivity index (χ0) is 15.5. The summed E-state index contributed by atoms with van der Waals surface area (Å²) in [7, 11) is 0. The fraction of sp³-hybridized carbons (Fsp3) is 0.267. The largest absolute Gasteiger partial charge is 0.364 e. The third-order valence-electron chi connectivity index (χ3n) is 3.59. The lowest BCUT2D eigenvalue weighted by Gasteiger charge is -2.09. The van der Waals surface area contributed by atoms with Gasteiger partial charge in [-0.2, -0.15) is 5.10 Å². The highest BCUT2D eigenvalue weighted by Crippen LogP contribution is 2.13. The van der Waals surface area contributed by atoms with Crippen molar-refractivity contribution in [2.75, 3.05) is 13.1 Å². The lowest BCUT2D eigenvalue weighted by Crippen LogP contribution is -2.36. The van der Waals surface area contributed by atoms with Gasteiger partial charge in [-0.05, 0) is 25.1 Å². The van der Waals surface area contributed by atoms with Gasteiger partial charge in [0.15, 0.2) is 5.69 Å². The molecule has 22 heavy (non-hydrogen) atoms. The molecule has 7 nitrogen and oxygen atoms in total. The van der Waals surface area contributed by atoms with E-state index in [9.17, 15) is 9.59 Å². The van der Waals surface area contributed by atoms with Gasteiger partial charge in [0.05, 0.1) is 5.69 Å². The van der Waals surface area contributed by atoms with Crippen LogP contribution in [0.25, 0.3) is 5.69 Å². The SMILES string of the molecule is NC(=O)c1cc(C(=O)NC2CCNC2)nn1-c1ccccc1. The van der Waals surface area contributed by atoms with Crippen molar-refractivity contribution < 1.29 is 9.59 Å². The van der Waals surface area contributed by atoms with Crippen LogP contribution in [-0.4, -0.2) is 40.7 Å². The molecule has 0 aliphatic carbocycles. The molecule has 1 aliphatic rings. The minimum atomic E-state index is -0.627. The number of amides is 2. The highest BCUT2D eigenvalue weighted by Gasteiger charge is 2.22. The van der Waals surface area contributed by atoms with Crippen molar-refractivity contribution in [3.05, 3.63) is 47.8 Å². The first-order chi connectivity index (χ1) is 10.6. The second-order valence-electron chi connectivity index (χ2n) is 5.19. The summed E-state index contributed by atoms with van der Waals surface area (Å²) in [5.41, 5.74) is 6.43. The Labute approximate surface area is 127 Å². The molecule has 1 fully saturated rings. The van der Waals surface area contributed by atoms with Gasteiger partial charge in [-0.1, -0.05) is 18.2 Å². The zero-order valence-electron chi connectivity index (χ0n) is 12.0. The Morgan fingerprint density at radius 2 is 2.09 bits per heavy atom. The number of primary amides is 1. The normalized spacial score (nSPS) is 17.4. The molecule has 1 saturated heterocycles. The number of carbonyl (C=O) groups excluding carboxylic acids is 2. The van der Waals surface area contributed by atoms with Crippen molar-refractivity contribution in [1.82, 2.24) is 20.4 Å². The minimum Gasteiger partial charge on any atom is -0.364 e. The summed E-state index contributed by atoms with van der Waals surface area (Å²) in [6.45, 7) is 1.63. The molecule has 1 atom stereocenters. The van der Waals surface area contributed by atoms with Gasteiger partial charge in [0, 0.05) is 18.7 Å². The molecule has 0 saturated carbocycles. The van der Waals surface area contributed by atoms with Crippen LogP contribution in [0, 0.1) is 0 Å². The molecule has 0 radical (unpaired) electrons. The Morgan fingerprint density at radius 3 is 2.73 bits per heavy atom. The van der Waals surface area contributed by atoms with Crippen LogP contribution in [0.2, 0.25) is 0 Å². The lowest BCUT2D eigenvalue weighted by atomic mass is 10.2. The molecule has 2 amide bonds. The number of benzene rings is 1. The third kappa shape index (κ3) is 2.84. The molecule has 2 heterocycles. The number of nitrogens with zero attached hydrogens (tertiary/aromatic N) is 2. The molecule has 0 spiro atoms. The van der Waals surface area contributed by atoms with E-state index in [1.54, 1.807) is 12.1 Å². The van der Waals surface area contributed by atoms with Gasteiger partial charge in [-0.25, -0.2) is 4.68 Å². The monoisotopic (exact) mass is 299 g/mol. The first-order valence-electron chi connectivity index (χ1n) is 7.12. The van der Waals surface area contributed by atoms with Crippen molar-refractivity contribution in [3.8, 4) is 5.69 Å². The van der Waals surface area contributed by atoms with E-state index in [0.717, 1.165) is 19.5 Å². The van der Waals surface area contributed by atoms with Gasteiger partial charge >= 0.3 is 0 Å². The number of hydrogen-bond donors (Lipinski definition) is 3. The average molecular weight is 299 g/mol. The molecule has 3 rings (SSSR count). The molecular formula is C15H17N5O2. The Hall–Kier alpha value is -2.67. The second kappa shape index (κ2) is 5.98. The molecule has 1 unspecified atom stereocenters. The molecule has 1 aromatic carbocycles. The molecule has 4 N–H and O–H groups in total. The third-order valence-corrected chi connectivity index (χ3v) is 3.59. The summed E-state index contributed by atoms with van der Waals surface area (Å²) in [4.78, 5) is 23.8. The van der Waals surface area contributed by atoms with Gasteiger partial charge in [-0.15, -0.1) is 0 Å². The van der Waals surface area contributed by atoms with Gasteiger partial charge in [0.2, 0.25) is 0 Å². The van der Waals surface area contributed by atoms with E-state index in [1.807, 2.05) is 18.2 Å². The molecule has 114 valence electrons. The smallest absolute Gasteiger partial charge is 0.272 e. The van der Waals surface area contributed by atoms with E-state index >= 15 is 0 Å². The van der Waals surface area contributed by atoms with E-state index in [2.05, 4.69) is 15.7 Å². The van der Waals surface area contributed by atoms with Crippen molar-refractivity contribution in [1.29, 1.82) is 0 Å². The Bertz CT molecular complexity index is 689. The minimum absolute atomic E-state index is 0.0893. The van der Waals surface area contributed by atoms with Crippen LogP contribution in [0.15, 0.2) is 36.4 Å². The van der Waals surface area contributed by atoms with E-state index in [-0.39, 0.29) is 23.3 Å². The Kier molecular flexibility index (Phi) is 3.88. The Balaban J connectivity index is 1.89. The lowest BCUT2D eigenvalue weighted by molar-refractivity contribution is 0.0933. The summed E-state index contributed by atoms with van der Waals surface area (Å²) in [5.74, 6) is -0.927. The van der Waals surface area contributed by atoms with Crippen LogP contribution < -0.4 is 16.4 Å². The second-order valence-corrected chi connectivity index (χ2v) is 5.19. The topological polar surface area (TPSA) is 102 Å². The number of para-hydroxylation sites is 1. The number of nitrogens with two attached hydrogens (primary N) is 1. The van der Waals surface area contributed by atoms with E-state index in [4.69, 9.17) is 5.73 Å². The number of aromatic nitrogens is 2.